The molecule has 1 unspecified atom stereocenters. The van der Waals surface area contributed by atoms with E-state index in [1.807, 2.05) is 0 Å². The molecule has 3 heterocycles. The van der Waals surface area contributed by atoms with Gasteiger partial charge in [-0.2, -0.15) is 18.2 Å². The number of nitrogens with zero attached hydrogens (tertiary/aromatic N) is 4. The van der Waals surface area contributed by atoms with Gasteiger partial charge in [-0.1, -0.05) is 11.2 Å². The Labute approximate surface area is 141 Å². The fourth-order valence-corrected chi connectivity index (χ4v) is 2.83. The van der Waals surface area contributed by atoms with Gasteiger partial charge in [-0.25, -0.2) is 4.98 Å². The molecule has 0 aliphatic carbocycles. The van der Waals surface area contributed by atoms with E-state index in [1.165, 1.54) is 18.1 Å². The molecule has 1 fully saturated rings. The summed E-state index contributed by atoms with van der Waals surface area (Å²) >= 11 is 0. The number of carbonyl (C=O) groups is 1. The number of alkyl halides is 3. The lowest BCUT2D eigenvalue weighted by atomic mass is 9.86. The zero-order valence-electron chi connectivity index (χ0n) is 13.4. The molecule has 7 nitrogen and oxygen atoms in total. The first-order valence-corrected chi connectivity index (χ1v) is 7.62. The van der Waals surface area contributed by atoms with Gasteiger partial charge in [-0.05, 0) is 18.6 Å². The summed E-state index contributed by atoms with van der Waals surface area (Å²) in [7, 11) is 1.42. The molecule has 0 bridgehead atoms. The van der Waals surface area contributed by atoms with Crippen molar-refractivity contribution < 1.29 is 22.5 Å². The van der Waals surface area contributed by atoms with E-state index in [-0.39, 0.29) is 31.8 Å². The number of carbonyl (C=O) groups excluding carboxylic acids is 1. The predicted octanol–water partition coefficient (Wildman–Crippen LogP) is 1.46. The Morgan fingerprint density at radius 2 is 2.24 bits per heavy atom. The van der Waals surface area contributed by atoms with E-state index in [0.717, 1.165) is 0 Å². The van der Waals surface area contributed by atoms with Crippen LogP contribution in [0.1, 0.15) is 18.1 Å². The fraction of sp³-hybridized carbons (Fsp3) is 0.467. The first-order chi connectivity index (χ1) is 11.9. The Balaban J connectivity index is 1.90. The average molecular weight is 355 g/mol. The van der Waals surface area contributed by atoms with E-state index >= 15 is 0 Å². The first kappa shape index (κ1) is 17.2. The van der Waals surface area contributed by atoms with Crippen molar-refractivity contribution in [2.75, 3.05) is 25.0 Å². The van der Waals surface area contributed by atoms with Crippen LogP contribution in [0.25, 0.3) is 0 Å². The monoisotopic (exact) mass is 355 g/mol. The van der Waals surface area contributed by atoms with E-state index < -0.39 is 23.4 Å². The third-order valence-electron chi connectivity index (χ3n) is 4.26. The third-order valence-corrected chi connectivity index (χ3v) is 4.26. The standard InChI is InChI=1S/C15H16F3N5O2/c1-19-12(24)8-10-21-13(25-22-10)14(15(16,17)18)5-7-23(9-14)11-4-2-3-6-20-11/h2-4,6H,5,7-9H2,1H3,(H,19,24). The topological polar surface area (TPSA) is 84.2 Å². The van der Waals surface area contributed by atoms with Crippen molar-refractivity contribution in [1.82, 2.24) is 20.4 Å². The van der Waals surface area contributed by atoms with Crippen molar-refractivity contribution in [2.24, 2.45) is 0 Å². The number of hydrogen-bond acceptors (Lipinski definition) is 6. The molecule has 1 amide bonds. The minimum atomic E-state index is -4.58. The summed E-state index contributed by atoms with van der Waals surface area (Å²) in [6.07, 6.45) is -3.52. The molecule has 3 rings (SSSR count). The van der Waals surface area contributed by atoms with Gasteiger partial charge in [-0.15, -0.1) is 0 Å². The van der Waals surface area contributed by atoms with Crippen molar-refractivity contribution in [3.63, 3.8) is 0 Å². The van der Waals surface area contributed by atoms with Gasteiger partial charge in [-0.3, -0.25) is 4.79 Å². The minimum absolute atomic E-state index is 0.0748. The van der Waals surface area contributed by atoms with E-state index in [2.05, 4.69) is 20.4 Å². The second-order valence-corrected chi connectivity index (χ2v) is 5.81. The van der Waals surface area contributed by atoms with Gasteiger partial charge in [0.15, 0.2) is 11.2 Å². The second-order valence-electron chi connectivity index (χ2n) is 5.81. The summed E-state index contributed by atoms with van der Waals surface area (Å²) in [6.45, 7) is -0.210. The van der Waals surface area contributed by atoms with Crippen LogP contribution in [0, 0.1) is 0 Å². The van der Waals surface area contributed by atoms with Gasteiger partial charge in [0.1, 0.15) is 5.82 Å². The van der Waals surface area contributed by atoms with E-state index in [4.69, 9.17) is 4.52 Å². The van der Waals surface area contributed by atoms with Crippen molar-refractivity contribution in [3.8, 4) is 0 Å². The molecule has 10 heteroatoms. The van der Waals surface area contributed by atoms with Gasteiger partial charge < -0.3 is 14.7 Å². The molecule has 0 aromatic carbocycles. The highest BCUT2D eigenvalue weighted by Crippen LogP contribution is 2.47. The summed E-state index contributed by atoms with van der Waals surface area (Å²) in [6, 6.07) is 5.06. The van der Waals surface area contributed by atoms with Crippen molar-refractivity contribution >= 4 is 11.7 Å². The van der Waals surface area contributed by atoms with Crippen LogP contribution in [0.2, 0.25) is 0 Å². The molecule has 2 aromatic rings. The maximum atomic E-state index is 13.9. The largest absolute Gasteiger partial charge is 0.405 e. The molecular formula is C15H16F3N5O2. The van der Waals surface area contributed by atoms with Gasteiger partial charge >= 0.3 is 6.18 Å². The number of nitrogens with one attached hydrogen (secondary N) is 1. The van der Waals surface area contributed by atoms with Crippen LogP contribution in [0.15, 0.2) is 28.9 Å². The molecule has 1 aliphatic rings. The molecule has 1 saturated heterocycles. The molecule has 1 atom stereocenters. The molecule has 0 saturated carbocycles. The number of rotatable bonds is 4. The number of amides is 1. The highest BCUT2D eigenvalue weighted by atomic mass is 19.4. The lowest BCUT2D eigenvalue weighted by molar-refractivity contribution is -0.191. The normalized spacial score (nSPS) is 20.7. The molecule has 0 radical (unpaired) electrons. The van der Waals surface area contributed by atoms with Crippen molar-refractivity contribution in [2.45, 2.75) is 24.4 Å². The second kappa shape index (κ2) is 6.34. The van der Waals surface area contributed by atoms with Crippen LogP contribution in [0.4, 0.5) is 19.0 Å². The van der Waals surface area contributed by atoms with E-state index in [1.54, 1.807) is 18.2 Å². The van der Waals surface area contributed by atoms with Crippen molar-refractivity contribution in [3.05, 3.63) is 36.1 Å². The quantitative estimate of drug-likeness (QED) is 0.894. The lowest BCUT2D eigenvalue weighted by Crippen LogP contribution is -2.45. The van der Waals surface area contributed by atoms with Gasteiger partial charge in [0.05, 0.1) is 6.42 Å². The first-order valence-electron chi connectivity index (χ1n) is 7.62. The number of likely N-dealkylation sites (N-methyl/N-ethyl adjacent to an activating group) is 1. The number of aromatic nitrogens is 3. The molecule has 25 heavy (non-hydrogen) atoms. The Morgan fingerprint density at radius 1 is 1.44 bits per heavy atom. The van der Waals surface area contributed by atoms with Crippen LogP contribution in [0.3, 0.4) is 0 Å². The van der Waals surface area contributed by atoms with Crippen LogP contribution < -0.4 is 10.2 Å². The lowest BCUT2D eigenvalue weighted by Gasteiger charge is -2.28. The maximum Gasteiger partial charge on any atom is 0.405 e. The highest BCUT2D eigenvalue weighted by molar-refractivity contribution is 5.77. The SMILES string of the molecule is CNC(=O)Cc1noc(C2(C(F)(F)F)CCN(c3ccccn3)C2)n1. The van der Waals surface area contributed by atoms with Crippen LogP contribution in [-0.4, -0.2) is 47.3 Å². The zero-order valence-corrected chi connectivity index (χ0v) is 13.4. The Bertz CT molecular complexity index is 749. The van der Waals surface area contributed by atoms with Crippen LogP contribution in [0.5, 0.6) is 0 Å². The highest BCUT2D eigenvalue weighted by Gasteiger charge is 2.63. The minimum Gasteiger partial charge on any atom is -0.359 e. The summed E-state index contributed by atoms with van der Waals surface area (Å²) in [5.41, 5.74) is -2.28. The summed E-state index contributed by atoms with van der Waals surface area (Å²) in [4.78, 5) is 20.8. The number of hydrogen-bond donors (Lipinski definition) is 1. The Kier molecular flexibility index (Phi) is 4.36. The summed E-state index contributed by atoms with van der Waals surface area (Å²) in [5, 5.41) is 5.89. The molecule has 1 N–H and O–H groups in total. The molecule has 134 valence electrons. The van der Waals surface area contributed by atoms with Crippen LogP contribution >= 0.6 is 0 Å². The smallest absolute Gasteiger partial charge is 0.359 e. The number of halogens is 3. The average Bonchev–Trinajstić information content (AvgIpc) is 3.22. The Hall–Kier alpha value is -2.65. The van der Waals surface area contributed by atoms with Gasteiger partial charge in [0.25, 0.3) is 0 Å². The summed E-state index contributed by atoms with van der Waals surface area (Å²) < 4.78 is 46.5. The molecule has 1 aliphatic heterocycles. The molecular weight excluding hydrogens is 339 g/mol. The maximum absolute atomic E-state index is 13.9. The van der Waals surface area contributed by atoms with Crippen molar-refractivity contribution in [1.29, 1.82) is 0 Å². The van der Waals surface area contributed by atoms with Gasteiger partial charge in [0.2, 0.25) is 11.8 Å². The number of anilines is 1. The molecule has 2 aromatic heterocycles. The zero-order chi connectivity index (χ0) is 18.1. The third kappa shape index (κ3) is 3.15. The number of pyridine rings is 1. The van der Waals surface area contributed by atoms with Crippen LogP contribution in [-0.2, 0) is 16.6 Å². The van der Waals surface area contributed by atoms with Gasteiger partial charge in [0, 0.05) is 26.3 Å². The predicted molar refractivity (Wildman–Crippen MR) is 80.9 cm³/mol. The van der Waals surface area contributed by atoms with E-state index in [9.17, 15) is 18.0 Å². The fourth-order valence-electron chi connectivity index (χ4n) is 2.83. The Morgan fingerprint density at radius 3 is 2.88 bits per heavy atom. The summed E-state index contributed by atoms with van der Waals surface area (Å²) in [5.74, 6) is -0.541. The molecule has 0 spiro atoms. The van der Waals surface area contributed by atoms with E-state index in [0.29, 0.717) is 5.82 Å².